The first kappa shape index (κ1) is 26.9. The zero-order valence-corrected chi connectivity index (χ0v) is 19.9. The van der Waals surface area contributed by atoms with Crippen LogP contribution in [0.4, 0.5) is 0 Å². The third-order valence-corrected chi connectivity index (χ3v) is 3.81. The van der Waals surface area contributed by atoms with Crippen molar-refractivity contribution in [1.29, 1.82) is 0 Å². The van der Waals surface area contributed by atoms with Gasteiger partial charge in [0.1, 0.15) is 0 Å². The summed E-state index contributed by atoms with van der Waals surface area (Å²) in [6, 6.07) is 3.92. The molecule has 0 spiro atoms. The Labute approximate surface area is 187 Å². The first-order valence-electron chi connectivity index (χ1n) is 9.98. The minimum absolute atomic E-state index is 0. The number of hydrogen-bond donors (Lipinski definition) is 2. The second-order valence-electron chi connectivity index (χ2n) is 6.10. The lowest BCUT2D eigenvalue weighted by atomic mass is 10.2. The van der Waals surface area contributed by atoms with E-state index in [1.165, 1.54) is 0 Å². The fraction of sp³-hybridized carbons (Fsp3) is 0.700. The average molecular weight is 508 g/mol. The molecule has 162 valence electrons. The van der Waals surface area contributed by atoms with Crippen LogP contribution in [0.25, 0.3) is 0 Å². The van der Waals surface area contributed by atoms with E-state index in [1.54, 1.807) is 13.2 Å². The third-order valence-electron chi connectivity index (χ3n) is 3.81. The number of nitrogens with zero attached hydrogens (tertiary/aromatic N) is 2. The van der Waals surface area contributed by atoms with Crippen molar-refractivity contribution in [3.63, 3.8) is 0 Å². The Bertz CT molecular complexity index is 518. The van der Waals surface area contributed by atoms with Crippen molar-refractivity contribution < 1.29 is 14.2 Å². The number of aliphatic imine (C=N–C) groups is 1. The van der Waals surface area contributed by atoms with Crippen LogP contribution in [0.5, 0.6) is 5.88 Å². The highest BCUT2D eigenvalue weighted by Crippen LogP contribution is 2.14. The van der Waals surface area contributed by atoms with Crippen molar-refractivity contribution in [2.24, 2.45) is 4.99 Å². The molecule has 0 aliphatic carbocycles. The molecule has 0 amide bonds. The predicted octanol–water partition coefficient (Wildman–Crippen LogP) is 3.38. The summed E-state index contributed by atoms with van der Waals surface area (Å²) in [5, 5.41) is 6.51. The maximum absolute atomic E-state index is 5.76. The van der Waals surface area contributed by atoms with E-state index in [2.05, 4.69) is 34.5 Å². The minimum Gasteiger partial charge on any atom is -0.477 e. The number of unbranched alkanes of at least 4 members (excludes halogenated alkanes) is 2. The number of rotatable bonds is 15. The second kappa shape index (κ2) is 19.2. The number of aromatic nitrogens is 1. The molecular weight excluding hydrogens is 471 g/mol. The average Bonchev–Trinajstić information content (AvgIpc) is 2.70. The molecule has 0 unspecified atom stereocenters. The summed E-state index contributed by atoms with van der Waals surface area (Å²) in [5.74, 6) is 1.40. The predicted molar refractivity (Wildman–Crippen MR) is 125 cm³/mol. The number of ether oxygens (including phenoxy) is 3. The summed E-state index contributed by atoms with van der Waals surface area (Å²) in [7, 11) is 1.75. The first-order valence-corrected chi connectivity index (χ1v) is 9.98. The van der Waals surface area contributed by atoms with Gasteiger partial charge in [0, 0.05) is 38.5 Å². The van der Waals surface area contributed by atoms with Gasteiger partial charge < -0.3 is 24.8 Å². The van der Waals surface area contributed by atoms with Gasteiger partial charge in [-0.2, -0.15) is 0 Å². The fourth-order valence-electron chi connectivity index (χ4n) is 2.21. The molecule has 0 fully saturated rings. The van der Waals surface area contributed by atoms with Gasteiger partial charge in [-0.05, 0) is 18.9 Å². The standard InChI is InChI=1S/C20H36N4O3.HI/c1-4-6-12-25-15-16-26-14-11-23-20(21-3)24-17-18-9-8-10-22-19(18)27-13-7-5-2;/h8-10H,4-7,11-17H2,1-3H3,(H2,21,23,24);1H. The number of nitrogens with one attached hydrogen (secondary N) is 2. The molecule has 0 radical (unpaired) electrons. The molecule has 1 heterocycles. The van der Waals surface area contributed by atoms with Crippen molar-refractivity contribution in [1.82, 2.24) is 15.6 Å². The molecular formula is C20H37IN4O3. The Morgan fingerprint density at radius 3 is 2.43 bits per heavy atom. The largest absolute Gasteiger partial charge is 0.477 e. The summed E-state index contributed by atoms with van der Waals surface area (Å²) < 4.78 is 16.8. The van der Waals surface area contributed by atoms with Crippen LogP contribution in [0, 0.1) is 0 Å². The Kier molecular flexibility index (Phi) is 18.4. The Hall–Kier alpha value is -1.13. The fourth-order valence-corrected chi connectivity index (χ4v) is 2.21. The molecule has 1 rings (SSSR count). The van der Waals surface area contributed by atoms with Crippen LogP contribution >= 0.6 is 24.0 Å². The number of guanidine groups is 1. The van der Waals surface area contributed by atoms with Gasteiger partial charge in [-0.25, -0.2) is 4.98 Å². The van der Waals surface area contributed by atoms with E-state index < -0.39 is 0 Å². The molecule has 0 aliphatic rings. The van der Waals surface area contributed by atoms with E-state index in [-0.39, 0.29) is 24.0 Å². The highest BCUT2D eigenvalue weighted by molar-refractivity contribution is 14.0. The topological polar surface area (TPSA) is 77.0 Å². The van der Waals surface area contributed by atoms with Gasteiger partial charge in [0.05, 0.1) is 26.4 Å². The van der Waals surface area contributed by atoms with Crippen molar-refractivity contribution in [3.05, 3.63) is 23.9 Å². The Balaban J connectivity index is 0.00000729. The maximum Gasteiger partial charge on any atom is 0.218 e. The van der Waals surface area contributed by atoms with Gasteiger partial charge in [-0.1, -0.05) is 32.8 Å². The van der Waals surface area contributed by atoms with Gasteiger partial charge >= 0.3 is 0 Å². The van der Waals surface area contributed by atoms with Crippen molar-refractivity contribution in [2.45, 2.75) is 46.1 Å². The van der Waals surface area contributed by atoms with Gasteiger partial charge in [0.15, 0.2) is 5.96 Å². The van der Waals surface area contributed by atoms with Crippen LogP contribution in [-0.2, 0) is 16.0 Å². The van der Waals surface area contributed by atoms with Crippen molar-refractivity contribution in [3.8, 4) is 5.88 Å². The summed E-state index contributed by atoms with van der Waals surface area (Å²) in [6.45, 7) is 8.95. The Morgan fingerprint density at radius 2 is 1.71 bits per heavy atom. The van der Waals surface area contributed by atoms with Crippen LogP contribution in [0.15, 0.2) is 23.3 Å². The molecule has 7 nitrogen and oxygen atoms in total. The van der Waals surface area contributed by atoms with Gasteiger partial charge in [-0.15, -0.1) is 24.0 Å². The second-order valence-corrected chi connectivity index (χ2v) is 6.10. The number of pyridine rings is 1. The zero-order valence-electron chi connectivity index (χ0n) is 17.5. The maximum atomic E-state index is 5.76. The van der Waals surface area contributed by atoms with E-state index in [0.717, 1.165) is 43.8 Å². The monoisotopic (exact) mass is 508 g/mol. The van der Waals surface area contributed by atoms with Gasteiger partial charge in [-0.3, -0.25) is 4.99 Å². The molecule has 0 aliphatic heterocycles. The van der Waals surface area contributed by atoms with Crippen LogP contribution in [0.2, 0.25) is 0 Å². The smallest absolute Gasteiger partial charge is 0.218 e. The summed E-state index contributed by atoms with van der Waals surface area (Å²) >= 11 is 0. The van der Waals surface area contributed by atoms with E-state index in [1.807, 2.05) is 12.1 Å². The summed E-state index contributed by atoms with van der Waals surface area (Å²) in [4.78, 5) is 8.55. The van der Waals surface area contributed by atoms with E-state index in [4.69, 9.17) is 14.2 Å². The SMILES string of the molecule is CCCCOCCOCCNC(=NC)NCc1cccnc1OCCCC.I. The first-order chi connectivity index (χ1) is 13.3. The highest BCUT2D eigenvalue weighted by Gasteiger charge is 2.06. The van der Waals surface area contributed by atoms with E-state index in [9.17, 15) is 0 Å². The lowest BCUT2D eigenvalue weighted by Crippen LogP contribution is -2.38. The molecule has 1 aromatic heterocycles. The molecule has 2 N–H and O–H groups in total. The molecule has 0 aromatic carbocycles. The lowest BCUT2D eigenvalue weighted by molar-refractivity contribution is 0.0487. The quantitative estimate of drug-likeness (QED) is 0.164. The van der Waals surface area contributed by atoms with Gasteiger partial charge in [0.2, 0.25) is 5.88 Å². The third kappa shape index (κ3) is 13.1. The van der Waals surface area contributed by atoms with Gasteiger partial charge in [0.25, 0.3) is 0 Å². The zero-order chi connectivity index (χ0) is 19.6. The molecule has 8 heteroatoms. The van der Waals surface area contributed by atoms with Crippen molar-refractivity contribution in [2.75, 3.05) is 46.6 Å². The molecule has 0 bridgehead atoms. The van der Waals surface area contributed by atoms with E-state index >= 15 is 0 Å². The van der Waals surface area contributed by atoms with Crippen LogP contribution < -0.4 is 15.4 Å². The summed E-state index contributed by atoms with van der Waals surface area (Å²) in [5.41, 5.74) is 1.01. The Morgan fingerprint density at radius 1 is 1.00 bits per heavy atom. The molecule has 28 heavy (non-hydrogen) atoms. The normalized spacial score (nSPS) is 11.0. The molecule has 0 saturated carbocycles. The summed E-state index contributed by atoms with van der Waals surface area (Å²) in [6.07, 6.45) is 6.13. The molecule has 0 atom stereocenters. The minimum atomic E-state index is 0. The van der Waals surface area contributed by atoms with Crippen molar-refractivity contribution >= 4 is 29.9 Å². The molecule has 1 aromatic rings. The number of halogens is 1. The van der Waals surface area contributed by atoms with E-state index in [0.29, 0.717) is 45.4 Å². The number of hydrogen-bond acceptors (Lipinski definition) is 5. The molecule has 0 saturated heterocycles. The lowest BCUT2D eigenvalue weighted by Gasteiger charge is -2.14. The van der Waals surface area contributed by atoms with Crippen LogP contribution in [-0.4, -0.2) is 57.6 Å². The van der Waals surface area contributed by atoms with Crippen LogP contribution in [0.1, 0.15) is 45.1 Å². The highest BCUT2D eigenvalue weighted by atomic mass is 127. The van der Waals surface area contributed by atoms with Crippen LogP contribution in [0.3, 0.4) is 0 Å².